The number of Topliss-reactive ketones (excluding diaryl/α,β-unsaturated/α-hetero) is 1. The van der Waals surface area contributed by atoms with E-state index in [2.05, 4.69) is 4.98 Å². The molecule has 152 valence electrons. The Balaban J connectivity index is 1.73. The smallest absolute Gasteiger partial charge is 0.337 e. The van der Waals surface area contributed by atoms with Crippen molar-refractivity contribution in [3.8, 4) is 11.1 Å². The maximum atomic E-state index is 14.4. The molecule has 2 aromatic heterocycles. The number of para-hydroxylation sites is 1. The van der Waals surface area contributed by atoms with Crippen LogP contribution < -0.4 is 0 Å². The van der Waals surface area contributed by atoms with Crippen molar-refractivity contribution in [2.24, 2.45) is 0 Å². The fourth-order valence-electron chi connectivity index (χ4n) is 3.07. The normalized spacial score (nSPS) is 11.2. The van der Waals surface area contributed by atoms with E-state index < -0.39 is 29.2 Å². The van der Waals surface area contributed by atoms with Crippen LogP contribution in [0.1, 0.15) is 30.6 Å². The van der Waals surface area contributed by atoms with Gasteiger partial charge in [0.05, 0.1) is 10.3 Å². The molecule has 0 aliphatic rings. The maximum absolute atomic E-state index is 14.4. The van der Waals surface area contributed by atoms with Gasteiger partial charge in [0.1, 0.15) is 11.3 Å². The highest BCUT2D eigenvalue weighted by Crippen LogP contribution is 2.36. The fraction of sp³-hybridized carbons (Fsp3) is 0.0952. The number of hydrogen-bond acceptors (Lipinski definition) is 5. The molecule has 4 rings (SSSR count). The zero-order chi connectivity index (χ0) is 21.6. The van der Waals surface area contributed by atoms with Gasteiger partial charge in [-0.25, -0.2) is 22.9 Å². The van der Waals surface area contributed by atoms with Gasteiger partial charge in [0.2, 0.25) is 0 Å². The molecule has 0 fully saturated rings. The van der Waals surface area contributed by atoms with E-state index in [9.17, 15) is 27.9 Å². The molecule has 0 saturated carbocycles. The number of carbonyl (C=O) groups excluding carboxylic acids is 1. The fourth-order valence-corrected chi connectivity index (χ4v) is 5.02. The van der Waals surface area contributed by atoms with Crippen LogP contribution in [0.2, 0.25) is 0 Å². The topological polar surface area (TPSA) is 67.3 Å². The number of halogens is 3. The molecule has 9 heteroatoms. The Morgan fingerprint density at radius 3 is 2.53 bits per heavy atom. The average Bonchev–Trinajstić information content (AvgIpc) is 3.31. The maximum Gasteiger partial charge on any atom is 0.337 e. The number of carboxylic acids is 1. The van der Waals surface area contributed by atoms with Gasteiger partial charge in [-0.15, -0.1) is 22.7 Å². The Bertz CT molecular complexity index is 1330. The number of fused-ring (bicyclic) bond motifs is 1. The van der Waals surface area contributed by atoms with Crippen molar-refractivity contribution < 1.29 is 27.9 Å². The lowest BCUT2D eigenvalue weighted by Crippen LogP contribution is -2.07. The van der Waals surface area contributed by atoms with Gasteiger partial charge < -0.3 is 5.11 Å². The highest BCUT2D eigenvalue weighted by molar-refractivity contribution is 7.20. The molecule has 0 amide bonds. The van der Waals surface area contributed by atoms with Gasteiger partial charge in [0.25, 0.3) is 0 Å². The van der Waals surface area contributed by atoms with Crippen LogP contribution in [0.25, 0.3) is 21.3 Å². The van der Waals surface area contributed by atoms with Crippen LogP contribution in [0, 0.1) is 24.4 Å². The summed E-state index contributed by atoms with van der Waals surface area (Å²) in [4.78, 5) is 28.8. The van der Waals surface area contributed by atoms with Gasteiger partial charge in [-0.05, 0) is 30.0 Å². The van der Waals surface area contributed by atoms with E-state index in [0.717, 1.165) is 22.7 Å². The molecule has 30 heavy (non-hydrogen) atoms. The summed E-state index contributed by atoms with van der Waals surface area (Å²) in [5.74, 6) is -4.59. The number of rotatable bonds is 5. The molecule has 0 bridgehead atoms. The van der Waals surface area contributed by atoms with Crippen molar-refractivity contribution in [1.29, 1.82) is 0 Å². The second-order valence-corrected chi connectivity index (χ2v) is 8.51. The minimum Gasteiger partial charge on any atom is -0.478 e. The number of benzene rings is 2. The van der Waals surface area contributed by atoms with Crippen LogP contribution in [-0.2, 0) is 6.42 Å². The van der Waals surface area contributed by atoms with Crippen molar-refractivity contribution in [1.82, 2.24) is 4.98 Å². The van der Waals surface area contributed by atoms with E-state index in [1.165, 1.54) is 36.6 Å². The summed E-state index contributed by atoms with van der Waals surface area (Å²) < 4.78 is 42.7. The molecule has 0 spiro atoms. The Morgan fingerprint density at radius 1 is 1.07 bits per heavy atom. The molecule has 0 aliphatic carbocycles. The molecule has 0 radical (unpaired) electrons. The number of carbonyl (C=O) groups is 2. The molecule has 0 aliphatic heterocycles. The number of nitrogens with zero attached hydrogens (tertiary/aromatic N) is 1. The second-order valence-electron chi connectivity index (χ2n) is 6.52. The van der Waals surface area contributed by atoms with Gasteiger partial charge in [-0.1, -0.05) is 18.2 Å². The first-order valence-corrected chi connectivity index (χ1v) is 10.3. The van der Waals surface area contributed by atoms with Crippen molar-refractivity contribution in [2.75, 3.05) is 0 Å². The highest BCUT2D eigenvalue weighted by Gasteiger charge is 2.25. The summed E-state index contributed by atoms with van der Waals surface area (Å²) in [7, 11) is 0. The predicted octanol–water partition coefficient (Wildman–Crippen LogP) is 5.87. The lowest BCUT2D eigenvalue weighted by Gasteiger charge is -2.07. The summed E-state index contributed by atoms with van der Waals surface area (Å²) in [5.41, 5.74) is -0.271. The van der Waals surface area contributed by atoms with Gasteiger partial charge in [0.15, 0.2) is 22.4 Å². The van der Waals surface area contributed by atoms with Gasteiger partial charge in [-0.2, -0.15) is 0 Å². The molecule has 0 saturated heterocycles. The molecule has 2 aromatic carbocycles. The van der Waals surface area contributed by atoms with E-state index in [1.807, 2.05) is 0 Å². The number of ketones is 1. The third-order valence-electron chi connectivity index (χ3n) is 4.58. The minimum absolute atomic E-state index is 0.00189. The predicted molar refractivity (Wildman–Crippen MR) is 109 cm³/mol. The summed E-state index contributed by atoms with van der Waals surface area (Å²) >= 11 is 1.97. The van der Waals surface area contributed by atoms with Crippen LogP contribution in [-0.4, -0.2) is 21.8 Å². The highest BCUT2D eigenvalue weighted by atomic mass is 32.1. The minimum atomic E-state index is -1.36. The quantitative estimate of drug-likeness (QED) is 0.388. The summed E-state index contributed by atoms with van der Waals surface area (Å²) in [5, 5.41) is 11.1. The number of hydrogen-bond donors (Lipinski definition) is 1. The first-order valence-electron chi connectivity index (χ1n) is 8.64. The summed E-state index contributed by atoms with van der Waals surface area (Å²) in [6, 6.07) is 7.04. The SMILES string of the molecule is Cc1ccc(-c2csc(CC(=O)c3nc4c(F)cccc4s3)c2C(=O)O)c(F)c1F. The van der Waals surface area contributed by atoms with Crippen molar-refractivity contribution in [3.63, 3.8) is 0 Å². The average molecular weight is 447 g/mol. The van der Waals surface area contributed by atoms with Crippen molar-refractivity contribution in [2.45, 2.75) is 13.3 Å². The van der Waals surface area contributed by atoms with Gasteiger partial charge in [0, 0.05) is 22.4 Å². The molecule has 1 N–H and O–H groups in total. The standard InChI is InChI=1S/C21H12F3NO3S2/c1-9-5-6-10(18(24)17(9)23)11-8-29-15(16(11)21(27)28)7-13(26)20-25-19-12(22)3-2-4-14(19)30-20/h2-6,8H,7H2,1H3,(H,27,28). The number of carboxylic acid groups (broad SMARTS) is 1. The number of thiazole rings is 1. The van der Waals surface area contributed by atoms with E-state index in [4.69, 9.17) is 0 Å². The van der Waals surface area contributed by atoms with Crippen LogP contribution >= 0.6 is 22.7 Å². The van der Waals surface area contributed by atoms with Gasteiger partial charge in [-0.3, -0.25) is 4.79 Å². The molecule has 0 unspecified atom stereocenters. The lowest BCUT2D eigenvalue weighted by atomic mass is 9.99. The van der Waals surface area contributed by atoms with Crippen LogP contribution in [0.4, 0.5) is 13.2 Å². The molecule has 4 aromatic rings. The summed E-state index contributed by atoms with van der Waals surface area (Å²) in [6.07, 6.45) is -0.302. The number of aromatic nitrogens is 1. The van der Waals surface area contributed by atoms with Crippen LogP contribution in [0.3, 0.4) is 0 Å². The lowest BCUT2D eigenvalue weighted by molar-refractivity contribution is 0.0697. The Hall–Kier alpha value is -3.04. The Kier molecular flexibility index (Phi) is 5.17. The Labute approximate surface area is 176 Å². The van der Waals surface area contributed by atoms with E-state index >= 15 is 0 Å². The van der Waals surface area contributed by atoms with E-state index in [-0.39, 0.29) is 44.1 Å². The molecular weight excluding hydrogens is 435 g/mol. The summed E-state index contributed by atoms with van der Waals surface area (Å²) in [6.45, 7) is 1.40. The monoisotopic (exact) mass is 447 g/mol. The number of thiophene rings is 1. The molecule has 2 heterocycles. The first kappa shape index (κ1) is 20.2. The van der Waals surface area contributed by atoms with Crippen LogP contribution in [0.5, 0.6) is 0 Å². The zero-order valence-corrected chi connectivity index (χ0v) is 17.0. The van der Waals surface area contributed by atoms with E-state index in [0.29, 0.717) is 4.70 Å². The van der Waals surface area contributed by atoms with Crippen LogP contribution in [0.15, 0.2) is 35.7 Å². The number of aromatic carboxylic acids is 1. The van der Waals surface area contributed by atoms with Crippen molar-refractivity contribution in [3.05, 3.63) is 74.2 Å². The molecule has 4 nitrogen and oxygen atoms in total. The first-order chi connectivity index (χ1) is 14.3. The van der Waals surface area contributed by atoms with E-state index in [1.54, 1.807) is 6.07 Å². The van der Waals surface area contributed by atoms with Crippen molar-refractivity contribution >= 4 is 44.6 Å². The second kappa shape index (κ2) is 7.66. The zero-order valence-electron chi connectivity index (χ0n) is 15.3. The largest absolute Gasteiger partial charge is 0.478 e. The Morgan fingerprint density at radius 2 is 1.83 bits per heavy atom. The number of aryl methyl sites for hydroxylation is 1. The molecular formula is C21H12F3NO3S2. The third-order valence-corrected chi connectivity index (χ3v) is 6.62. The molecule has 0 atom stereocenters. The van der Waals surface area contributed by atoms with Gasteiger partial charge >= 0.3 is 5.97 Å². The third kappa shape index (κ3) is 3.40.